The van der Waals surface area contributed by atoms with Crippen molar-refractivity contribution in [2.24, 2.45) is 16.3 Å². The largest absolute Gasteiger partial charge is 0.416 e. The third-order valence-electron chi connectivity index (χ3n) is 3.11. The summed E-state index contributed by atoms with van der Waals surface area (Å²) < 4.78 is 38.0. The maximum absolute atomic E-state index is 12.7. The standard InChI is InChI=1S/C13H17ClF3N3O/c1-12(2,11(18)20-21)3-4-19-10-6-8(13(15,16)17)5-9(14)7-10/h5-7,19,21H,3-4H2,1-2H3,(H2,18,20). The van der Waals surface area contributed by atoms with Crippen molar-refractivity contribution in [2.75, 3.05) is 11.9 Å². The summed E-state index contributed by atoms with van der Waals surface area (Å²) in [7, 11) is 0. The number of oxime groups is 1. The van der Waals surface area contributed by atoms with E-state index in [0.29, 0.717) is 13.0 Å². The van der Waals surface area contributed by atoms with Crippen LogP contribution >= 0.6 is 11.6 Å². The third-order valence-corrected chi connectivity index (χ3v) is 3.32. The normalized spacial score (nSPS) is 13.3. The summed E-state index contributed by atoms with van der Waals surface area (Å²) in [6, 6.07) is 3.27. The van der Waals surface area contributed by atoms with Crippen LogP contribution in [0.2, 0.25) is 5.02 Å². The second kappa shape index (κ2) is 6.43. The van der Waals surface area contributed by atoms with Crippen LogP contribution in [0.4, 0.5) is 18.9 Å². The van der Waals surface area contributed by atoms with Crippen LogP contribution in [-0.4, -0.2) is 17.6 Å². The summed E-state index contributed by atoms with van der Waals surface area (Å²) in [6.45, 7) is 3.88. The van der Waals surface area contributed by atoms with Crippen LogP contribution in [0.25, 0.3) is 0 Å². The van der Waals surface area contributed by atoms with Gasteiger partial charge in [-0.05, 0) is 24.6 Å². The van der Waals surface area contributed by atoms with E-state index in [4.69, 9.17) is 22.5 Å². The molecular formula is C13H17ClF3N3O. The number of nitrogens with zero attached hydrogens (tertiary/aromatic N) is 1. The van der Waals surface area contributed by atoms with Gasteiger partial charge in [-0.2, -0.15) is 13.2 Å². The monoisotopic (exact) mass is 323 g/mol. The highest BCUT2D eigenvalue weighted by Crippen LogP contribution is 2.33. The van der Waals surface area contributed by atoms with Gasteiger partial charge in [0.2, 0.25) is 0 Å². The quantitative estimate of drug-likeness (QED) is 0.333. The lowest BCUT2D eigenvalue weighted by Crippen LogP contribution is -2.33. The lowest BCUT2D eigenvalue weighted by molar-refractivity contribution is -0.137. The van der Waals surface area contributed by atoms with Crippen molar-refractivity contribution < 1.29 is 18.4 Å². The van der Waals surface area contributed by atoms with Gasteiger partial charge in [-0.3, -0.25) is 0 Å². The highest BCUT2D eigenvalue weighted by molar-refractivity contribution is 6.30. The van der Waals surface area contributed by atoms with Crippen molar-refractivity contribution in [3.05, 3.63) is 28.8 Å². The van der Waals surface area contributed by atoms with Gasteiger partial charge in [-0.1, -0.05) is 30.6 Å². The van der Waals surface area contributed by atoms with Gasteiger partial charge < -0.3 is 16.3 Å². The average molecular weight is 324 g/mol. The van der Waals surface area contributed by atoms with E-state index in [-0.39, 0.29) is 16.5 Å². The predicted molar refractivity (Wildman–Crippen MR) is 76.8 cm³/mol. The highest BCUT2D eigenvalue weighted by Gasteiger charge is 2.31. The zero-order valence-corrected chi connectivity index (χ0v) is 12.4. The first-order chi connectivity index (χ1) is 9.56. The molecule has 0 bridgehead atoms. The Morgan fingerprint density at radius 3 is 2.48 bits per heavy atom. The fourth-order valence-electron chi connectivity index (χ4n) is 1.64. The number of rotatable bonds is 5. The zero-order valence-electron chi connectivity index (χ0n) is 11.6. The zero-order chi connectivity index (χ0) is 16.3. The van der Waals surface area contributed by atoms with Gasteiger partial charge in [0.25, 0.3) is 0 Å². The molecule has 1 aromatic rings. The summed E-state index contributed by atoms with van der Waals surface area (Å²) in [5.74, 6) is 0.0615. The Balaban J connectivity index is 2.75. The minimum atomic E-state index is -4.45. The molecule has 0 unspecified atom stereocenters. The van der Waals surface area contributed by atoms with Gasteiger partial charge in [-0.25, -0.2) is 0 Å². The van der Waals surface area contributed by atoms with Gasteiger partial charge in [0.1, 0.15) is 5.84 Å². The fraction of sp³-hybridized carbons (Fsp3) is 0.462. The molecule has 118 valence electrons. The fourth-order valence-corrected chi connectivity index (χ4v) is 1.87. The molecule has 4 N–H and O–H groups in total. The van der Waals surface area contributed by atoms with Crippen molar-refractivity contribution in [1.29, 1.82) is 0 Å². The lowest BCUT2D eigenvalue weighted by Gasteiger charge is -2.23. The van der Waals surface area contributed by atoms with Crippen LogP contribution in [0.1, 0.15) is 25.8 Å². The molecule has 0 heterocycles. The number of nitrogens with two attached hydrogens (primary N) is 1. The Bertz CT molecular complexity index is 530. The molecule has 0 saturated carbocycles. The second-order valence-corrected chi connectivity index (χ2v) is 5.71. The molecule has 0 saturated heterocycles. The number of amidine groups is 1. The number of anilines is 1. The molecule has 4 nitrogen and oxygen atoms in total. The molecular weight excluding hydrogens is 307 g/mol. The molecule has 1 aromatic carbocycles. The van der Waals surface area contributed by atoms with Gasteiger partial charge in [0, 0.05) is 22.7 Å². The number of nitrogens with one attached hydrogen (secondary N) is 1. The van der Waals surface area contributed by atoms with Crippen molar-refractivity contribution in [3.8, 4) is 0 Å². The van der Waals surface area contributed by atoms with E-state index < -0.39 is 17.2 Å². The summed E-state index contributed by atoms with van der Waals surface area (Å²) in [4.78, 5) is 0. The lowest BCUT2D eigenvalue weighted by atomic mass is 9.88. The Labute approximate surface area is 125 Å². The predicted octanol–water partition coefficient (Wildman–Crippen LogP) is 3.93. The van der Waals surface area contributed by atoms with Crippen LogP contribution in [0, 0.1) is 5.41 Å². The SMILES string of the molecule is CC(C)(CCNc1cc(Cl)cc(C(F)(F)F)c1)/C(N)=N/O. The van der Waals surface area contributed by atoms with Crippen molar-refractivity contribution in [1.82, 2.24) is 0 Å². The first-order valence-electron chi connectivity index (χ1n) is 6.16. The molecule has 0 aliphatic carbocycles. The number of benzene rings is 1. The minimum Gasteiger partial charge on any atom is -0.409 e. The molecule has 0 aliphatic rings. The van der Waals surface area contributed by atoms with Gasteiger partial charge in [-0.15, -0.1) is 0 Å². The van der Waals surface area contributed by atoms with E-state index in [1.54, 1.807) is 13.8 Å². The first-order valence-corrected chi connectivity index (χ1v) is 6.54. The van der Waals surface area contributed by atoms with Crippen LogP contribution in [-0.2, 0) is 6.18 Å². The topological polar surface area (TPSA) is 70.6 Å². The smallest absolute Gasteiger partial charge is 0.409 e. The van der Waals surface area contributed by atoms with Crippen LogP contribution in [0.15, 0.2) is 23.4 Å². The third kappa shape index (κ3) is 5.00. The van der Waals surface area contributed by atoms with Gasteiger partial charge in [0.15, 0.2) is 0 Å². The van der Waals surface area contributed by atoms with Gasteiger partial charge in [0.05, 0.1) is 5.56 Å². The summed E-state index contributed by atoms with van der Waals surface area (Å²) in [5, 5.41) is 14.5. The van der Waals surface area contributed by atoms with E-state index in [2.05, 4.69) is 10.5 Å². The van der Waals surface area contributed by atoms with E-state index in [1.807, 2.05) is 0 Å². The average Bonchev–Trinajstić information content (AvgIpc) is 2.35. The van der Waals surface area contributed by atoms with Crippen LogP contribution in [0.5, 0.6) is 0 Å². The van der Waals surface area contributed by atoms with E-state index in [9.17, 15) is 13.2 Å². The maximum atomic E-state index is 12.7. The Kier molecular flexibility index (Phi) is 5.33. The summed E-state index contributed by atoms with van der Waals surface area (Å²) in [5.41, 5.74) is 4.42. The summed E-state index contributed by atoms with van der Waals surface area (Å²) >= 11 is 5.69. The first kappa shape index (κ1) is 17.4. The summed E-state index contributed by atoms with van der Waals surface area (Å²) in [6.07, 6.45) is -3.98. The molecule has 0 aliphatic heterocycles. The number of hydrogen-bond donors (Lipinski definition) is 3. The van der Waals surface area contributed by atoms with Crippen LogP contribution in [0.3, 0.4) is 0 Å². The molecule has 0 amide bonds. The molecule has 0 aromatic heterocycles. The number of alkyl halides is 3. The molecule has 1 rings (SSSR count). The minimum absolute atomic E-state index is 0.00280. The molecule has 8 heteroatoms. The van der Waals surface area contributed by atoms with Gasteiger partial charge >= 0.3 is 6.18 Å². The number of halogens is 4. The molecule has 21 heavy (non-hydrogen) atoms. The van der Waals surface area contributed by atoms with Crippen molar-refractivity contribution in [3.63, 3.8) is 0 Å². The van der Waals surface area contributed by atoms with Crippen molar-refractivity contribution in [2.45, 2.75) is 26.4 Å². The highest BCUT2D eigenvalue weighted by atomic mass is 35.5. The van der Waals surface area contributed by atoms with Crippen LogP contribution < -0.4 is 11.1 Å². The molecule has 0 spiro atoms. The number of hydrogen-bond acceptors (Lipinski definition) is 3. The van der Waals surface area contributed by atoms with E-state index in [1.165, 1.54) is 6.07 Å². The van der Waals surface area contributed by atoms with Crippen molar-refractivity contribution >= 4 is 23.1 Å². The molecule has 0 radical (unpaired) electrons. The molecule has 0 fully saturated rings. The second-order valence-electron chi connectivity index (χ2n) is 5.27. The van der Waals surface area contributed by atoms with E-state index >= 15 is 0 Å². The van der Waals surface area contributed by atoms with E-state index in [0.717, 1.165) is 12.1 Å². The molecule has 0 atom stereocenters. The maximum Gasteiger partial charge on any atom is 0.416 e. The Morgan fingerprint density at radius 2 is 1.95 bits per heavy atom. The Morgan fingerprint density at radius 1 is 1.33 bits per heavy atom. The Hall–Kier alpha value is -1.63.